The van der Waals surface area contributed by atoms with E-state index in [-0.39, 0.29) is 11.9 Å². The first-order valence-electron chi connectivity index (χ1n) is 6.07. The van der Waals surface area contributed by atoms with Crippen LogP contribution in [0.2, 0.25) is 5.02 Å². The van der Waals surface area contributed by atoms with Crippen molar-refractivity contribution in [2.45, 2.75) is 33.2 Å². The Morgan fingerprint density at radius 1 is 1.29 bits per heavy atom. The zero-order valence-electron chi connectivity index (χ0n) is 10.9. The van der Waals surface area contributed by atoms with Crippen molar-refractivity contribution in [3.8, 4) is 0 Å². The van der Waals surface area contributed by atoms with Crippen LogP contribution in [-0.4, -0.2) is 13.1 Å². The fourth-order valence-electron chi connectivity index (χ4n) is 1.96. The van der Waals surface area contributed by atoms with Gasteiger partial charge >= 0.3 is 0 Å². The number of nitrogens with one attached hydrogen (secondary N) is 1. The summed E-state index contributed by atoms with van der Waals surface area (Å²) >= 11 is 6.05. The molecule has 0 aliphatic heterocycles. The molecule has 0 fully saturated rings. The summed E-state index contributed by atoms with van der Waals surface area (Å²) in [6.07, 6.45) is 0.626. The van der Waals surface area contributed by atoms with E-state index in [4.69, 9.17) is 11.6 Å². The third-order valence-electron chi connectivity index (χ3n) is 3.54. The maximum absolute atomic E-state index is 13.7. The second-order valence-corrected chi connectivity index (χ2v) is 5.31. The van der Waals surface area contributed by atoms with Gasteiger partial charge in [0, 0.05) is 16.6 Å². The third kappa shape index (κ3) is 3.68. The zero-order chi connectivity index (χ0) is 13.0. The highest BCUT2D eigenvalue weighted by atomic mass is 35.5. The number of halogens is 2. The van der Waals surface area contributed by atoms with E-state index in [0.717, 1.165) is 0 Å². The molecule has 0 amide bonds. The Hall–Kier alpha value is -0.600. The normalized spacial score (nSPS) is 15.0. The van der Waals surface area contributed by atoms with Crippen molar-refractivity contribution in [3.05, 3.63) is 34.6 Å². The maximum Gasteiger partial charge on any atom is 0.127 e. The molecule has 0 bridgehead atoms. The predicted molar refractivity (Wildman–Crippen MR) is 72.0 cm³/mol. The van der Waals surface area contributed by atoms with Gasteiger partial charge in [0.15, 0.2) is 0 Å². The SMILES string of the molecule is CNC(Cc1c(F)cccc1Cl)C(C)C(C)C. The maximum atomic E-state index is 13.7. The molecule has 0 radical (unpaired) electrons. The zero-order valence-corrected chi connectivity index (χ0v) is 11.7. The highest BCUT2D eigenvalue weighted by Gasteiger charge is 2.21. The quantitative estimate of drug-likeness (QED) is 0.844. The summed E-state index contributed by atoms with van der Waals surface area (Å²) in [5, 5.41) is 3.78. The van der Waals surface area contributed by atoms with Gasteiger partial charge in [0.25, 0.3) is 0 Å². The van der Waals surface area contributed by atoms with Crippen LogP contribution in [0.3, 0.4) is 0 Å². The number of hydrogen-bond acceptors (Lipinski definition) is 1. The Morgan fingerprint density at radius 2 is 1.94 bits per heavy atom. The van der Waals surface area contributed by atoms with Crippen LogP contribution in [0.5, 0.6) is 0 Å². The van der Waals surface area contributed by atoms with Crippen molar-refractivity contribution < 1.29 is 4.39 Å². The molecule has 0 saturated carbocycles. The van der Waals surface area contributed by atoms with Crippen molar-refractivity contribution in [3.63, 3.8) is 0 Å². The van der Waals surface area contributed by atoms with Crippen molar-refractivity contribution in [1.82, 2.24) is 5.32 Å². The average Bonchev–Trinajstić information content (AvgIpc) is 2.28. The van der Waals surface area contributed by atoms with Crippen LogP contribution in [0.4, 0.5) is 4.39 Å². The van der Waals surface area contributed by atoms with Crippen molar-refractivity contribution in [2.75, 3.05) is 7.05 Å². The summed E-state index contributed by atoms with van der Waals surface area (Å²) in [4.78, 5) is 0. The third-order valence-corrected chi connectivity index (χ3v) is 3.90. The van der Waals surface area contributed by atoms with Gasteiger partial charge in [-0.2, -0.15) is 0 Å². The standard InChI is InChI=1S/C14H21ClFN/c1-9(2)10(3)14(17-4)8-11-12(15)6-5-7-13(11)16/h5-7,9-10,14,17H,8H2,1-4H3. The summed E-state index contributed by atoms with van der Waals surface area (Å²) in [7, 11) is 1.91. The molecule has 0 aliphatic carbocycles. The Kier molecular flexibility index (Phi) is 5.41. The molecule has 17 heavy (non-hydrogen) atoms. The second-order valence-electron chi connectivity index (χ2n) is 4.90. The molecule has 0 aromatic heterocycles. The van der Waals surface area contributed by atoms with Crippen molar-refractivity contribution in [2.24, 2.45) is 11.8 Å². The Bertz CT molecular complexity index is 345. The molecule has 1 rings (SSSR count). The van der Waals surface area contributed by atoms with Crippen molar-refractivity contribution in [1.29, 1.82) is 0 Å². The summed E-state index contributed by atoms with van der Waals surface area (Å²) < 4.78 is 13.7. The highest BCUT2D eigenvalue weighted by molar-refractivity contribution is 6.31. The number of likely N-dealkylation sites (N-methyl/N-ethyl adjacent to an activating group) is 1. The molecule has 0 saturated heterocycles. The van der Waals surface area contributed by atoms with Crippen LogP contribution in [0, 0.1) is 17.7 Å². The first-order chi connectivity index (χ1) is 7.97. The molecule has 1 aromatic rings. The van der Waals surface area contributed by atoms with Gasteiger partial charge in [-0.25, -0.2) is 4.39 Å². The van der Waals surface area contributed by atoms with Gasteiger partial charge in [-0.15, -0.1) is 0 Å². The van der Waals surface area contributed by atoms with Gasteiger partial charge in [-0.1, -0.05) is 38.4 Å². The van der Waals surface area contributed by atoms with Crippen LogP contribution >= 0.6 is 11.6 Å². The lowest BCUT2D eigenvalue weighted by Gasteiger charge is -2.27. The van der Waals surface area contributed by atoms with E-state index in [1.807, 2.05) is 7.05 Å². The van der Waals surface area contributed by atoms with E-state index in [0.29, 0.717) is 28.8 Å². The summed E-state index contributed by atoms with van der Waals surface area (Å²) in [5.74, 6) is 0.808. The van der Waals surface area contributed by atoms with E-state index in [1.54, 1.807) is 12.1 Å². The molecule has 1 aromatic carbocycles. The van der Waals surface area contributed by atoms with E-state index >= 15 is 0 Å². The van der Waals surface area contributed by atoms with Gasteiger partial charge in [-0.3, -0.25) is 0 Å². The molecule has 0 spiro atoms. The number of hydrogen-bond donors (Lipinski definition) is 1. The van der Waals surface area contributed by atoms with Crippen LogP contribution in [0.15, 0.2) is 18.2 Å². The monoisotopic (exact) mass is 257 g/mol. The summed E-state index contributed by atoms with van der Waals surface area (Å²) in [6.45, 7) is 6.54. The van der Waals surface area contributed by atoms with Gasteiger partial charge in [0.2, 0.25) is 0 Å². The van der Waals surface area contributed by atoms with Gasteiger partial charge in [-0.05, 0) is 37.4 Å². The minimum atomic E-state index is -0.214. The lowest BCUT2D eigenvalue weighted by Crippen LogP contribution is -2.37. The fourth-order valence-corrected chi connectivity index (χ4v) is 2.20. The first kappa shape index (κ1) is 14.5. The molecule has 0 aliphatic rings. The predicted octanol–water partition coefficient (Wildman–Crippen LogP) is 3.90. The molecule has 2 atom stereocenters. The number of rotatable bonds is 5. The van der Waals surface area contributed by atoms with E-state index in [9.17, 15) is 4.39 Å². The van der Waals surface area contributed by atoms with Crippen LogP contribution in [0.1, 0.15) is 26.3 Å². The van der Waals surface area contributed by atoms with E-state index in [1.165, 1.54) is 6.07 Å². The Balaban J connectivity index is 2.88. The molecular weight excluding hydrogens is 237 g/mol. The average molecular weight is 258 g/mol. The summed E-state index contributed by atoms with van der Waals surface area (Å²) in [5.41, 5.74) is 0.612. The lowest BCUT2D eigenvalue weighted by molar-refractivity contribution is 0.308. The first-order valence-corrected chi connectivity index (χ1v) is 6.45. The largest absolute Gasteiger partial charge is 0.316 e. The molecule has 2 unspecified atom stereocenters. The Labute approximate surface area is 108 Å². The Morgan fingerprint density at radius 3 is 2.41 bits per heavy atom. The molecule has 96 valence electrons. The molecule has 1 nitrogen and oxygen atoms in total. The molecule has 0 heterocycles. The topological polar surface area (TPSA) is 12.0 Å². The highest BCUT2D eigenvalue weighted by Crippen LogP contribution is 2.24. The fraction of sp³-hybridized carbons (Fsp3) is 0.571. The van der Waals surface area contributed by atoms with Gasteiger partial charge < -0.3 is 5.32 Å². The minimum absolute atomic E-state index is 0.214. The molecular formula is C14H21ClFN. The smallest absolute Gasteiger partial charge is 0.127 e. The van der Waals surface area contributed by atoms with Crippen LogP contribution in [-0.2, 0) is 6.42 Å². The molecule has 1 N–H and O–H groups in total. The van der Waals surface area contributed by atoms with Gasteiger partial charge in [0.05, 0.1) is 0 Å². The number of benzene rings is 1. The minimum Gasteiger partial charge on any atom is -0.316 e. The summed E-state index contributed by atoms with van der Waals surface area (Å²) in [6, 6.07) is 5.09. The van der Waals surface area contributed by atoms with E-state index in [2.05, 4.69) is 26.1 Å². The van der Waals surface area contributed by atoms with Crippen molar-refractivity contribution >= 4 is 11.6 Å². The lowest BCUT2D eigenvalue weighted by atomic mass is 9.86. The van der Waals surface area contributed by atoms with E-state index < -0.39 is 0 Å². The van der Waals surface area contributed by atoms with Gasteiger partial charge in [0.1, 0.15) is 5.82 Å². The van der Waals surface area contributed by atoms with Crippen LogP contribution < -0.4 is 5.32 Å². The van der Waals surface area contributed by atoms with Crippen LogP contribution in [0.25, 0.3) is 0 Å². The second kappa shape index (κ2) is 6.36. The molecule has 3 heteroatoms.